The van der Waals surface area contributed by atoms with Crippen LogP contribution in [0.1, 0.15) is 38.8 Å². The molecular formula is C16H25BrN2S. The van der Waals surface area contributed by atoms with Crippen LogP contribution in [0, 0.1) is 0 Å². The average molecular weight is 357 g/mol. The van der Waals surface area contributed by atoms with E-state index in [1.807, 2.05) is 0 Å². The first kappa shape index (κ1) is 16.2. The quantitative estimate of drug-likeness (QED) is 0.838. The van der Waals surface area contributed by atoms with E-state index in [2.05, 4.69) is 76.9 Å². The standard InChI is InChI=1S/C16H25BrN2S/c1-4-14-11-19(8-9-20-14)16-10-13(17)6-7-15(16)12(3)18-5-2/h6-7,10,12,14,18H,4-5,8-9,11H2,1-3H3. The Hall–Kier alpha value is -0.190. The maximum Gasteiger partial charge on any atom is 0.0426 e. The molecule has 0 saturated carbocycles. The lowest BCUT2D eigenvalue weighted by Crippen LogP contribution is -2.38. The zero-order valence-electron chi connectivity index (χ0n) is 12.7. The Balaban J connectivity index is 2.26. The third-order valence-electron chi connectivity index (χ3n) is 3.90. The van der Waals surface area contributed by atoms with E-state index in [1.54, 1.807) is 0 Å². The average Bonchev–Trinajstić information content (AvgIpc) is 2.47. The third kappa shape index (κ3) is 3.92. The summed E-state index contributed by atoms with van der Waals surface area (Å²) in [5.74, 6) is 1.24. The largest absolute Gasteiger partial charge is 0.369 e. The molecule has 2 atom stereocenters. The van der Waals surface area contributed by atoms with Crippen LogP contribution in [0.3, 0.4) is 0 Å². The summed E-state index contributed by atoms with van der Waals surface area (Å²) < 4.78 is 1.17. The summed E-state index contributed by atoms with van der Waals surface area (Å²) in [6, 6.07) is 7.10. The van der Waals surface area contributed by atoms with Gasteiger partial charge in [0.1, 0.15) is 0 Å². The first-order chi connectivity index (χ1) is 9.65. The molecule has 0 radical (unpaired) electrons. The van der Waals surface area contributed by atoms with Gasteiger partial charge in [0.2, 0.25) is 0 Å². The molecule has 1 heterocycles. The van der Waals surface area contributed by atoms with Gasteiger partial charge in [-0.3, -0.25) is 0 Å². The summed E-state index contributed by atoms with van der Waals surface area (Å²) in [6.45, 7) is 10.0. The van der Waals surface area contributed by atoms with Gasteiger partial charge in [0.25, 0.3) is 0 Å². The molecule has 4 heteroatoms. The number of rotatable bonds is 5. The lowest BCUT2D eigenvalue weighted by Gasteiger charge is -2.36. The van der Waals surface area contributed by atoms with Crippen LogP contribution in [0.4, 0.5) is 5.69 Å². The fraction of sp³-hybridized carbons (Fsp3) is 0.625. The molecule has 0 spiro atoms. The van der Waals surface area contributed by atoms with E-state index < -0.39 is 0 Å². The van der Waals surface area contributed by atoms with Crippen LogP contribution in [0.15, 0.2) is 22.7 Å². The molecule has 1 aromatic carbocycles. The molecule has 0 amide bonds. The molecule has 1 saturated heterocycles. The second kappa shape index (κ2) is 7.71. The predicted molar refractivity (Wildman–Crippen MR) is 95.0 cm³/mol. The second-order valence-electron chi connectivity index (χ2n) is 5.33. The van der Waals surface area contributed by atoms with Gasteiger partial charge in [-0.25, -0.2) is 0 Å². The summed E-state index contributed by atoms with van der Waals surface area (Å²) in [6.07, 6.45) is 1.26. The molecule has 1 aromatic rings. The smallest absolute Gasteiger partial charge is 0.0426 e. The Morgan fingerprint density at radius 2 is 2.25 bits per heavy atom. The lowest BCUT2D eigenvalue weighted by atomic mass is 10.0. The zero-order valence-corrected chi connectivity index (χ0v) is 15.1. The Morgan fingerprint density at radius 1 is 1.45 bits per heavy atom. The first-order valence-corrected chi connectivity index (χ1v) is 9.39. The van der Waals surface area contributed by atoms with Crippen LogP contribution < -0.4 is 10.2 Å². The van der Waals surface area contributed by atoms with Crippen molar-refractivity contribution < 1.29 is 0 Å². The fourth-order valence-corrected chi connectivity index (χ4v) is 4.29. The number of thioether (sulfide) groups is 1. The zero-order chi connectivity index (χ0) is 14.5. The van der Waals surface area contributed by atoms with Crippen molar-refractivity contribution in [2.75, 3.05) is 30.3 Å². The Kier molecular flexibility index (Phi) is 6.24. The topological polar surface area (TPSA) is 15.3 Å². The van der Waals surface area contributed by atoms with Crippen molar-refractivity contribution in [2.24, 2.45) is 0 Å². The third-order valence-corrected chi connectivity index (χ3v) is 5.77. The first-order valence-electron chi connectivity index (χ1n) is 7.55. The van der Waals surface area contributed by atoms with Crippen LogP contribution in [0.5, 0.6) is 0 Å². The van der Waals surface area contributed by atoms with Gasteiger partial charge >= 0.3 is 0 Å². The van der Waals surface area contributed by atoms with Crippen molar-refractivity contribution in [3.8, 4) is 0 Å². The summed E-state index contributed by atoms with van der Waals surface area (Å²) in [5, 5.41) is 4.31. The lowest BCUT2D eigenvalue weighted by molar-refractivity contribution is 0.594. The molecular weight excluding hydrogens is 332 g/mol. The number of benzene rings is 1. The van der Waals surface area contributed by atoms with Gasteiger partial charge in [0.05, 0.1) is 0 Å². The van der Waals surface area contributed by atoms with Crippen molar-refractivity contribution in [1.29, 1.82) is 0 Å². The van der Waals surface area contributed by atoms with Crippen LogP contribution in [-0.2, 0) is 0 Å². The van der Waals surface area contributed by atoms with E-state index in [9.17, 15) is 0 Å². The highest BCUT2D eigenvalue weighted by Crippen LogP contribution is 2.33. The summed E-state index contributed by atoms with van der Waals surface area (Å²) in [5.41, 5.74) is 2.81. The molecule has 0 bridgehead atoms. The van der Waals surface area contributed by atoms with Gasteiger partial charge in [-0.2, -0.15) is 11.8 Å². The highest BCUT2D eigenvalue weighted by atomic mass is 79.9. The highest BCUT2D eigenvalue weighted by molar-refractivity contribution is 9.10. The van der Waals surface area contributed by atoms with Crippen molar-refractivity contribution in [2.45, 2.75) is 38.5 Å². The van der Waals surface area contributed by atoms with E-state index in [0.717, 1.165) is 18.3 Å². The number of halogens is 1. The Morgan fingerprint density at radius 3 is 2.95 bits per heavy atom. The molecule has 1 aliphatic heterocycles. The SMILES string of the molecule is CCNC(C)c1ccc(Br)cc1N1CCSC(CC)C1. The predicted octanol–water partition coefficient (Wildman–Crippen LogP) is 4.45. The maximum absolute atomic E-state index is 3.63. The van der Waals surface area contributed by atoms with Crippen LogP contribution in [0.2, 0.25) is 0 Å². The van der Waals surface area contributed by atoms with Crippen molar-refractivity contribution in [1.82, 2.24) is 5.32 Å². The molecule has 2 nitrogen and oxygen atoms in total. The van der Waals surface area contributed by atoms with Crippen molar-refractivity contribution in [3.63, 3.8) is 0 Å². The number of anilines is 1. The Bertz CT molecular complexity index is 438. The molecule has 2 unspecified atom stereocenters. The fourth-order valence-electron chi connectivity index (χ4n) is 2.76. The van der Waals surface area contributed by atoms with Gasteiger partial charge in [-0.1, -0.05) is 35.8 Å². The van der Waals surface area contributed by atoms with Gasteiger partial charge in [0, 0.05) is 40.3 Å². The van der Waals surface area contributed by atoms with E-state index in [-0.39, 0.29) is 0 Å². The summed E-state index contributed by atoms with van der Waals surface area (Å²) in [7, 11) is 0. The number of nitrogens with zero attached hydrogens (tertiary/aromatic N) is 1. The molecule has 0 aromatic heterocycles. The normalized spacial score (nSPS) is 21.0. The Labute approximate surface area is 135 Å². The van der Waals surface area contributed by atoms with E-state index in [1.165, 1.54) is 34.4 Å². The summed E-state index contributed by atoms with van der Waals surface area (Å²) >= 11 is 5.75. The molecule has 1 N–H and O–H groups in total. The molecule has 1 fully saturated rings. The minimum atomic E-state index is 0.401. The number of hydrogen-bond acceptors (Lipinski definition) is 3. The molecule has 20 heavy (non-hydrogen) atoms. The highest BCUT2D eigenvalue weighted by Gasteiger charge is 2.22. The van der Waals surface area contributed by atoms with Gasteiger partial charge in [-0.05, 0) is 37.6 Å². The van der Waals surface area contributed by atoms with Crippen LogP contribution in [-0.4, -0.2) is 30.6 Å². The molecule has 1 aliphatic rings. The van der Waals surface area contributed by atoms with E-state index in [0.29, 0.717) is 6.04 Å². The molecule has 112 valence electrons. The van der Waals surface area contributed by atoms with Gasteiger partial charge in [-0.15, -0.1) is 0 Å². The van der Waals surface area contributed by atoms with Gasteiger partial charge in [0.15, 0.2) is 0 Å². The van der Waals surface area contributed by atoms with Crippen molar-refractivity contribution in [3.05, 3.63) is 28.2 Å². The number of hydrogen-bond donors (Lipinski definition) is 1. The second-order valence-corrected chi connectivity index (χ2v) is 7.65. The molecule has 2 rings (SSSR count). The van der Waals surface area contributed by atoms with E-state index in [4.69, 9.17) is 0 Å². The minimum absolute atomic E-state index is 0.401. The van der Waals surface area contributed by atoms with Gasteiger partial charge < -0.3 is 10.2 Å². The summed E-state index contributed by atoms with van der Waals surface area (Å²) in [4.78, 5) is 2.57. The monoisotopic (exact) mass is 356 g/mol. The number of nitrogens with one attached hydrogen (secondary N) is 1. The van der Waals surface area contributed by atoms with Crippen LogP contribution >= 0.6 is 27.7 Å². The maximum atomic E-state index is 3.63. The van der Waals surface area contributed by atoms with Crippen molar-refractivity contribution >= 4 is 33.4 Å². The molecule has 0 aliphatic carbocycles. The van der Waals surface area contributed by atoms with E-state index >= 15 is 0 Å². The van der Waals surface area contributed by atoms with Crippen LogP contribution in [0.25, 0.3) is 0 Å². The minimum Gasteiger partial charge on any atom is -0.369 e.